The van der Waals surface area contributed by atoms with Gasteiger partial charge < -0.3 is 0 Å². The number of fused-ring (bicyclic) bond motifs is 1. The van der Waals surface area contributed by atoms with E-state index >= 15 is 0 Å². The molecule has 2 nitrogen and oxygen atoms in total. The fourth-order valence-corrected chi connectivity index (χ4v) is 2.16. The van der Waals surface area contributed by atoms with Gasteiger partial charge in [0.15, 0.2) is 0 Å². The van der Waals surface area contributed by atoms with Gasteiger partial charge in [0.05, 0.1) is 5.69 Å². The van der Waals surface area contributed by atoms with Crippen molar-refractivity contribution in [1.29, 1.82) is 0 Å². The maximum absolute atomic E-state index is 4.41. The molecule has 0 spiro atoms. The molecule has 0 fully saturated rings. The molecular formula is C11H18N2. The third-order valence-electron chi connectivity index (χ3n) is 2.89. The van der Waals surface area contributed by atoms with Gasteiger partial charge >= 0.3 is 0 Å². The molecule has 1 aliphatic carbocycles. The predicted octanol–water partition coefficient (Wildman–Crippen LogP) is 2.80. The van der Waals surface area contributed by atoms with Gasteiger partial charge in [-0.15, -0.1) is 0 Å². The summed E-state index contributed by atoms with van der Waals surface area (Å²) >= 11 is 0. The smallest absolute Gasteiger partial charge is 0.0682 e. The second-order valence-electron chi connectivity index (χ2n) is 4.28. The van der Waals surface area contributed by atoms with Crippen molar-refractivity contribution in [3.8, 4) is 0 Å². The van der Waals surface area contributed by atoms with E-state index in [-0.39, 0.29) is 0 Å². The molecule has 0 aliphatic heterocycles. The highest BCUT2D eigenvalue weighted by Gasteiger charge is 2.16. The molecule has 0 amide bonds. The zero-order chi connectivity index (χ0) is 9.26. The highest BCUT2D eigenvalue weighted by atomic mass is 15.1. The number of nitrogens with zero attached hydrogens (tertiary/aromatic N) is 1. The van der Waals surface area contributed by atoms with Gasteiger partial charge in [-0.2, -0.15) is 5.10 Å². The van der Waals surface area contributed by atoms with Crippen molar-refractivity contribution < 1.29 is 0 Å². The minimum Gasteiger partial charge on any atom is -0.282 e. The van der Waals surface area contributed by atoms with Gasteiger partial charge in [-0.05, 0) is 37.2 Å². The van der Waals surface area contributed by atoms with Crippen LogP contribution in [0.15, 0.2) is 0 Å². The molecule has 1 aliphatic rings. The summed E-state index contributed by atoms with van der Waals surface area (Å²) < 4.78 is 0. The van der Waals surface area contributed by atoms with Crippen LogP contribution in [0.25, 0.3) is 0 Å². The summed E-state index contributed by atoms with van der Waals surface area (Å²) in [5, 5.41) is 7.61. The van der Waals surface area contributed by atoms with Gasteiger partial charge in [0, 0.05) is 5.69 Å². The van der Waals surface area contributed by atoms with Crippen LogP contribution >= 0.6 is 0 Å². The summed E-state index contributed by atoms with van der Waals surface area (Å²) in [5.74, 6) is 0.568. The molecule has 13 heavy (non-hydrogen) atoms. The first-order valence-electron chi connectivity index (χ1n) is 5.35. The Labute approximate surface area is 79.7 Å². The Morgan fingerprint density at radius 2 is 1.92 bits per heavy atom. The zero-order valence-electron chi connectivity index (χ0n) is 8.56. The molecular weight excluding hydrogens is 160 g/mol. The van der Waals surface area contributed by atoms with Crippen LogP contribution < -0.4 is 0 Å². The lowest BCUT2D eigenvalue weighted by molar-refractivity contribution is 0.692. The largest absolute Gasteiger partial charge is 0.282 e. The Morgan fingerprint density at radius 1 is 1.15 bits per heavy atom. The van der Waals surface area contributed by atoms with Crippen molar-refractivity contribution >= 4 is 0 Å². The second-order valence-corrected chi connectivity index (χ2v) is 4.28. The van der Waals surface area contributed by atoms with E-state index in [0.717, 1.165) is 0 Å². The number of H-pyrrole nitrogens is 1. The normalized spacial score (nSPS) is 17.2. The number of aromatic nitrogens is 2. The second kappa shape index (κ2) is 3.52. The van der Waals surface area contributed by atoms with E-state index < -0.39 is 0 Å². The van der Waals surface area contributed by atoms with Crippen LogP contribution in [0.2, 0.25) is 0 Å². The van der Waals surface area contributed by atoms with Crippen LogP contribution in [-0.2, 0) is 12.8 Å². The molecule has 2 heteroatoms. The molecule has 1 aromatic heterocycles. The first kappa shape index (κ1) is 8.79. The number of nitrogens with one attached hydrogen (secondary N) is 1. The lowest BCUT2D eigenvalue weighted by Crippen LogP contribution is -1.95. The van der Waals surface area contributed by atoms with Crippen molar-refractivity contribution in [3.63, 3.8) is 0 Å². The van der Waals surface area contributed by atoms with Crippen molar-refractivity contribution in [3.05, 3.63) is 17.0 Å². The van der Waals surface area contributed by atoms with Gasteiger partial charge in [-0.3, -0.25) is 5.10 Å². The van der Waals surface area contributed by atoms with Crippen molar-refractivity contribution in [2.24, 2.45) is 0 Å². The minimum absolute atomic E-state index is 0.568. The number of hydrogen-bond acceptors (Lipinski definition) is 1. The fourth-order valence-electron chi connectivity index (χ4n) is 2.16. The van der Waals surface area contributed by atoms with Gasteiger partial charge in [0.2, 0.25) is 0 Å². The summed E-state index contributed by atoms with van der Waals surface area (Å²) in [7, 11) is 0. The van der Waals surface area contributed by atoms with Crippen LogP contribution in [-0.4, -0.2) is 10.2 Å². The first-order valence-corrected chi connectivity index (χ1v) is 5.35. The maximum Gasteiger partial charge on any atom is 0.0682 e. The van der Waals surface area contributed by atoms with Crippen molar-refractivity contribution in [2.75, 3.05) is 0 Å². The number of aromatic amines is 1. The first-order chi connectivity index (χ1) is 6.29. The van der Waals surface area contributed by atoms with Crippen LogP contribution in [0.3, 0.4) is 0 Å². The Balaban J connectivity index is 2.34. The summed E-state index contributed by atoms with van der Waals surface area (Å²) in [4.78, 5) is 0. The quantitative estimate of drug-likeness (QED) is 0.658. The van der Waals surface area contributed by atoms with Gasteiger partial charge in [-0.1, -0.05) is 20.3 Å². The minimum atomic E-state index is 0.568. The zero-order valence-corrected chi connectivity index (χ0v) is 8.56. The Bertz CT molecular complexity index is 286. The molecule has 0 bridgehead atoms. The van der Waals surface area contributed by atoms with Crippen LogP contribution in [0.4, 0.5) is 0 Å². The van der Waals surface area contributed by atoms with Gasteiger partial charge in [0.1, 0.15) is 0 Å². The molecule has 1 aromatic rings. The summed E-state index contributed by atoms with van der Waals surface area (Å²) in [5.41, 5.74) is 4.23. The van der Waals surface area contributed by atoms with Crippen LogP contribution in [0.5, 0.6) is 0 Å². The van der Waals surface area contributed by atoms with Crippen LogP contribution in [0, 0.1) is 0 Å². The van der Waals surface area contributed by atoms with Gasteiger partial charge in [0.25, 0.3) is 0 Å². The fraction of sp³-hybridized carbons (Fsp3) is 0.727. The number of hydrogen-bond donors (Lipinski definition) is 1. The van der Waals surface area contributed by atoms with Crippen molar-refractivity contribution in [2.45, 2.75) is 51.9 Å². The molecule has 0 radical (unpaired) electrons. The maximum atomic E-state index is 4.41. The van der Waals surface area contributed by atoms with E-state index in [9.17, 15) is 0 Å². The standard InChI is InChI=1S/C11H18N2/c1-8(2)11-9-6-4-3-5-7-10(9)12-13-11/h8H,3-7H2,1-2H3,(H,12,13). The average molecular weight is 178 g/mol. The highest BCUT2D eigenvalue weighted by Crippen LogP contribution is 2.25. The Kier molecular flexibility index (Phi) is 2.38. The molecule has 1 N–H and O–H groups in total. The van der Waals surface area contributed by atoms with E-state index in [0.29, 0.717) is 5.92 Å². The SMILES string of the molecule is CC(C)c1n[nH]c2c1CCCCC2. The van der Waals surface area contributed by atoms with E-state index in [1.165, 1.54) is 49.1 Å². The topological polar surface area (TPSA) is 28.7 Å². The monoisotopic (exact) mass is 178 g/mol. The third-order valence-corrected chi connectivity index (χ3v) is 2.89. The van der Waals surface area contributed by atoms with Crippen LogP contribution in [0.1, 0.15) is 56.0 Å². The van der Waals surface area contributed by atoms with Gasteiger partial charge in [-0.25, -0.2) is 0 Å². The van der Waals surface area contributed by atoms with E-state index in [1.54, 1.807) is 0 Å². The van der Waals surface area contributed by atoms with E-state index in [2.05, 4.69) is 24.0 Å². The Hall–Kier alpha value is -0.790. The molecule has 0 atom stereocenters. The predicted molar refractivity (Wildman–Crippen MR) is 53.9 cm³/mol. The number of rotatable bonds is 1. The molecule has 0 unspecified atom stereocenters. The summed E-state index contributed by atoms with van der Waals surface area (Å²) in [6, 6.07) is 0. The highest BCUT2D eigenvalue weighted by molar-refractivity contribution is 5.28. The van der Waals surface area contributed by atoms with E-state index in [4.69, 9.17) is 0 Å². The molecule has 0 saturated carbocycles. The molecule has 0 saturated heterocycles. The number of aryl methyl sites for hydroxylation is 1. The molecule has 0 aromatic carbocycles. The lowest BCUT2D eigenvalue weighted by Gasteiger charge is -2.04. The Morgan fingerprint density at radius 3 is 2.69 bits per heavy atom. The average Bonchev–Trinajstić information content (AvgIpc) is 2.36. The molecule has 2 rings (SSSR count). The summed E-state index contributed by atoms with van der Waals surface area (Å²) in [6.45, 7) is 4.45. The molecule has 1 heterocycles. The van der Waals surface area contributed by atoms with E-state index in [1.807, 2.05) is 0 Å². The third kappa shape index (κ3) is 1.62. The lowest BCUT2D eigenvalue weighted by atomic mass is 10.0. The molecule has 72 valence electrons. The van der Waals surface area contributed by atoms with Crippen molar-refractivity contribution in [1.82, 2.24) is 10.2 Å². The summed E-state index contributed by atoms with van der Waals surface area (Å²) in [6.07, 6.45) is 6.48.